The molecule has 0 radical (unpaired) electrons. The molecule has 0 fully saturated rings. The molecule has 1 heterocycles. The summed E-state index contributed by atoms with van der Waals surface area (Å²) in [6.07, 6.45) is 3.13. The summed E-state index contributed by atoms with van der Waals surface area (Å²) in [6, 6.07) is 9.49. The molecule has 21 heavy (non-hydrogen) atoms. The highest BCUT2D eigenvalue weighted by atomic mass is 32.2. The predicted molar refractivity (Wildman–Crippen MR) is 80.4 cm³/mol. The first kappa shape index (κ1) is 15.4. The number of pyridine rings is 1. The van der Waals surface area contributed by atoms with Gasteiger partial charge in [-0.05, 0) is 42.8 Å². The second kappa shape index (κ2) is 6.22. The third kappa shape index (κ3) is 4.01. The summed E-state index contributed by atoms with van der Waals surface area (Å²) in [5.41, 5.74) is 1.53. The molecule has 6 heteroatoms. The van der Waals surface area contributed by atoms with E-state index in [9.17, 15) is 12.8 Å². The molecule has 4 nitrogen and oxygen atoms in total. The lowest BCUT2D eigenvalue weighted by Gasteiger charge is -2.18. The van der Waals surface area contributed by atoms with E-state index in [0.717, 1.165) is 17.8 Å². The van der Waals surface area contributed by atoms with Gasteiger partial charge >= 0.3 is 0 Å². The van der Waals surface area contributed by atoms with Crippen molar-refractivity contribution in [1.82, 2.24) is 4.98 Å². The van der Waals surface area contributed by atoms with Gasteiger partial charge in [-0.1, -0.05) is 6.92 Å². The van der Waals surface area contributed by atoms with Gasteiger partial charge in [0, 0.05) is 11.9 Å². The Morgan fingerprint density at radius 2 is 1.86 bits per heavy atom. The lowest BCUT2D eigenvalue weighted by Crippen LogP contribution is -2.11. The van der Waals surface area contributed by atoms with Crippen molar-refractivity contribution in [2.75, 3.05) is 11.6 Å². The second-order valence-corrected chi connectivity index (χ2v) is 6.82. The molecule has 0 aliphatic rings. The summed E-state index contributed by atoms with van der Waals surface area (Å²) in [5.74, 6) is -0.369. The number of benzene rings is 1. The first-order valence-corrected chi connectivity index (χ1v) is 8.47. The standard InChI is InChI=1S/C15H17FN2O2S/c1-3-14(15-9-4-11(16)10-17-15)18-12-5-7-13(8-6-12)21(2,19)20/h4-10,14,18H,3H2,1-2H3. The highest BCUT2D eigenvalue weighted by Crippen LogP contribution is 2.22. The number of hydrogen-bond acceptors (Lipinski definition) is 4. The van der Waals surface area contributed by atoms with Crippen LogP contribution in [0.2, 0.25) is 0 Å². The van der Waals surface area contributed by atoms with Crippen molar-refractivity contribution < 1.29 is 12.8 Å². The molecule has 0 saturated carbocycles. The van der Waals surface area contributed by atoms with Crippen LogP contribution in [0.5, 0.6) is 0 Å². The van der Waals surface area contributed by atoms with E-state index in [2.05, 4.69) is 10.3 Å². The number of hydrogen-bond donors (Lipinski definition) is 1. The van der Waals surface area contributed by atoms with E-state index < -0.39 is 9.84 Å². The molecule has 0 spiro atoms. The Hall–Kier alpha value is -1.95. The zero-order valence-electron chi connectivity index (χ0n) is 11.9. The van der Waals surface area contributed by atoms with E-state index in [1.165, 1.54) is 18.5 Å². The molecule has 0 aliphatic heterocycles. The quantitative estimate of drug-likeness (QED) is 0.921. The number of nitrogens with zero attached hydrogens (tertiary/aromatic N) is 1. The fourth-order valence-corrected chi connectivity index (χ4v) is 2.61. The van der Waals surface area contributed by atoms with Crippen LogP contribution in [-0.4, -0.2) is 19.7 Å². The minimum absolute atomic E-state index is 0.0605. The summed E-state index contributed by atoms with van der Waals surface area (Å²) in [5, 5.41) is 3.26. The van der Waals surface area contributed by atoms with Gasteiger partial charge in [0.05, 0.1) is 22.8 Å². The van der Waals surface area contributed by atoms with Crippen molar-refractivity contribution in [3.05, 3.63) is 54.1 Å². The Morgan fingerprint density at radius 3 is 2.33 bits per heavy atom. The molecule has 2 rings (SSSR count). The van der Waals surface area contributed by atoms with Gasteiger partial charge in [0.15, 0.2) is 9.84 Å². The summed E-state index contributed by atoms with van der Waals surface area (Å²) in [4.78, 5) is 4.35. The van der Waals surface area contributed by atoms with Crippen molar-refractivity contribution in [2.45, 2.75) is 24.3 Å². The lowest BCUT2D eigenvalue weighted by atomic mass is 10.1. The van der Waals surface area contributed by atoms with E-state index in [4.69, 9.17) is 0 Å². The smallest absolute Gasteiger partial charge is 0.175 e. The molecule has 2 aromatic rings. The summed E-state index contributed by atoms with van der Waals surface area (Å²) in [7, 11) is -3.19. The van der Waals surface area contributed by atoms with Crippen molar-refractivity contribution in [3.8, 4) is 0 Å². The largest absolute Gasteiger partial charge is 0.377 e. The summed E-state index contributed by atoms with van der Waals surface area (Å²) < 4.78 is 35.7. The lowest BCUT2D eigenvalue weighted by molar-refractivity contribution is 0.602. The third-order valence-corrected chi connectivity index (χ3v) is 4.27. The number of aromatic nitrogens is 1. The third-order valence-electron chi connectivity index (χ3n) is 3.14. The fraction of sp³-hybridized carbons (Fsp3) is 0.267. The van der Waals surface area contributed by atoms with Crippen LogP contribution in [0.15, 0.2) is 47.5 Å². The van der Waals surface area contributed by atoms with Crippen LogP contribution in [0.25, 0.3) is 0 Å². The molecule has 1 unspecified atom stereocenters. The number of halogens is 1. The SMILES string of the molecule is CCC(Nc1ccc(S(C)(=O)=O)cc1)c1ccc(F)cn1. The van der Waals surface area contributed by atoms with Crippen LogP contribution in [0.4, 0.5) is 10.1 Å². The van der Waals surface area contributed by atoms with Crippen molar-refractivity contribution >= 4 is 15.5 Å². The first-order chi connectivity index (χ1) is 9.90. The first-order valence-electron chi connectivity index (χ1n) is 6.58. The van der Waals surface area contributed by atoms with E-state index in [1.807, 2.05) is 6.92 Å². The van der Waals surface area contributed by atoms with Gasteiger partial charge in [-0.2, -0.15) is 0 Å². The van der Waals surface area contributed by atoms with Crippen LogP contribution >= 0.6 is 0 Å². The van der Waals surface area contributed by atoms with Gasteiger partial charge in [-0.15, -0.1) is 0 Å². The molecule has 112 valence electrons. The summed E-state index contributed by atoms with van der Waals surface area (Å²) in [6.45, 7) is 1.99. The molecule has 0 aliphatic carbocycles. The zero-order valence-corrected chi connectivity index (χ0v) is 12.7. The van der Waals surface area contributed by atoms with Crippen LogP contribution < -0.4 is 5.32 Å². The van der Waals surface area contributed by atoms with Gasteiger partial charge in [0.2, 0.25) is 0 Å². The Labute approximate surface area is 124 Å². The molecule has 0 saturated heterocycles. The van der Waals surface area contributed by atoms with Crippen molar-refractivity contribution in [1.29, 1.82) is 0 Å². The number of rotatable bonds is 5. The molecule has 1 atom stereocenters. The highest BCUT2D eigenvalue weighted by molar-refractivity contribution is 7.90. The Kier molecular flexibility index (Phi) is 4.57. The Balaban J connectivity index is 2.17. The molecule has 1 aromatic carbocycles. The second-order valence-electron chi connectivity index (χ2n) is 4.80. The molecular weight excluding hydrogens is 291 g/mol. The van der Waals surface area contributed by atoms with E-state index in [1.54, 1.807) is 30.3 Å². The van der Waals surface area contributed by atoms with Crippen LogP contribution in [0.3, 0.4) is 0 Å². The molecule has 1 N–H and O–H groups in total. The Morgan fingerprint density at radius 1 is 1.19 bits per heavy atom. The zero-order chi connectivity index (χ0) is 15.5. The van der Waals surface area contributed by atoms with E-state index in [-0.39, 0.29) is 16.8 Å². The van der Waals surface area contributed by atoms with E-state index >= 15 is 0 Å². The summed E-state index contributed by atoms with van der Waals surface area (Å²) >= 11 is 0. The minimum atomic E-state index is -3.19. The maximum atomic E-state index is 12.9. The highest BCUT2D eigenvalue weighted by Gasteiger charge is 2.12. The van der Waals surface area contributed by atoms with Crippen LogP contribution in [-0.2, 0) is 9.84 Å². The Bertz CT molecular complexity index is 697. The van der Waals surface area contributed by atoms with Gasteiger partial charge in [-0.3, -0.25) is 4.98 Å². The average molecular weight is 308 g/mol. The number of sulfone groups is 1. The maximum Gasteiger partial charge on any atom is 0.175 e. The fourth-order valence-electron chi connectivity index (χ4n) is 1.98. The van der Waals surface area contributed by atoms with Crippen molar-refractivity contribution in [2.24, 2.45) is 0 Å². The predicted octanol–water partition coefficient (Wildman–Crippen LogP) is 3.19. The van der Waals surface area contributed by atoms with Gasteiger partial charge in [0.25, 0.3) is 0 Å². The minimum Gasteiger partial charge on any atom is -0.377 e. The monoisotopic (exact) mass is 308 g/mol. The van der Waals surface area contributed by atoms with Crippen molar-refractivity contribution in [3.63, 3.8) is 0 Å². The van der Waals surface area contributed by atoms with Crippen LogP contribution in [0.1, 0.15) is 25.1 Å². The molecular formula is C15H17FN2O2S. The van der Waals surface area contributed by atoms with Gasteiger partial charge in [0.1, 0.15) is 5.82 Å². The topological polar surface area (TPSA) is 59.1 Å². The van der Waals surface area contributed by atoms with Crippen LogP contribution in [0, 0.1) is 5.82 Å². The maximum absolute atomic E-state index is 12.9. The van der Waals surface area contributed by atoms with Gasteiger partial charge < -0.3 is 5.32 Å². The number of nitrogens with one attached hydrogen (secondary N) is 1. The average Bonchev–Trinajstić information content (AvgIpc) is 2.45. The van der Waals surface area contributed by atoms with E-state index in [0.29, 0.717) is 0 Å². The molecule has 0 amide bonds. The van der Waals surface area contributed by atoms with Gasteiger partial charge in [-0.25, -0.2) is 12.8 Å². The molecule has 0 bridgehead atoms. The molecule has 1 aromatic heterocycles. The normalized spacial score (nSPS) is 12.9. The number of anilines is 1.